The van der Waals surface area contributed by atoms with Crippen LogP contribution in [0.25, 0.3) is 15.9 Å². The molecule has 1 aliphatic carbocycles. The zero-order valence-electron chi connectivity index (χ0n) is 15.3. The molecule has 0 radical (unpaired) electrons. The van der Waals surface area contributed by atoms with Gasteiger partial charge in [-0.2, -0.15) is 0 Å². The SMILES string of the molecule is O=c1c2c3c(sc2nc(SCc2ccccc2F)n1-c1ccc(Cl)cc1)CCC3. The summed E-state index contributed by atoms with van der Waals surface area (Å²) in [6.07, 6.45) is 3.02. The van der Waals surface area contributed by atoms with E-state index in [1.54, 1.807) is 40.2 Å². The third-order valence-corrected chi connectivity index (χ3v) is 7.53. The largest absolute Gasteiger partial charge is 0.268 e. The molecule has 29 heavy (non-hydrogen) atoms. The number of aryl methyl sites for hydroxylation is 2. The van der Waals surface area contributed by atoms with E-state index in [-0.39, 0.29) is 11.4 Å². The Labute approximate surface area is 180 Å². The second kappa shape index (κ2) is 7.59. The fourth-order valence-corrected chi connectivity index (χ4v) is 6.12. The molecule has 0 saturated carbocycles. The molecule has 0 unspecified atom stereocenters. The smallest absolute Gasteiger partial charge is 0.267 e. The van der Waals surface area contributed by atoms with E-state index in [1.165, 1.54) is 22.7 Å². The number of rotatable bonds is 4. The Kier molecular flexibility index (Phi) is 4.94. The summed E-state index contributed by atoms with van der Waals surface area (Å²) >= 11 is 9.02. The van der Waals surface area contributed by atoms with Crippen LogP contribution in [0.2, 0.25) is 5.02 Å². The van der Waals surface area contributed by atoms with Crippen LogP contribution >= 0.6 is 34.7 Å². The maximum atomic E-state index is 14.1. The van der Waals surface area contributed by atoms with Gasteiger partial charge in [0, 0.05) is 15.7 Å². The third kappa shape index (κ3) is 3.39. The molecule has 0 fully saturated rings. The summed E-state index contributed by atoms with van der Waals surface area (Å²) in [5.74, 6) is 0.139. The normalized spacial score (nSPS) is 13.2. The Bertz CT molecular complexity index is 1280. The standard InChI is InChI=1S/C22H16ClFN2OS2/c23-14-8-10-15(11-9-14)26-21(27)19-16-5-3-7-18(16)29-20(19)25-22(26)28-12-13-4-1-2-6-17(13)24/h1-2,4,6,8-11H,3,5,7,12H2. The number of nitrogens with zero attached hydrogens (tertiary/aromatic N) is 2. The number of halogens is 2. The van der Waals surface area contributed by atoms with Crippen molar-refractivity contribution in [2.45, 2.75) is 30.2 Å². The number of benzene rings is 2. The van der Waals surface area contributed by atoms with Gasteiger partial charge in [0.2, 0.25) is 0 Å². The highest BCUT2D eigenvalue weighted by Crippen LogP contribution is 2.36. The van der Waals surface area contributed by atoms with Gasteiger partial charge in [0.1, 0.15) is 10.6 Å². The van der Waals surface area contributed by atoms with Crippen LogP contribution in [0.3, 0.4) is 0 Å². The summed E-state index contributed by atoms with van der Waals surface area (Å²) < 4.78 is 15.7. The second-order valence-electron chi connectivity index (χ2n) is 6.93. The number of thioether (sulfide) groups is 1. The molecule has 4 aromatic rings. The first-order valence-electron chi connectivity index (χ1n) is 9.31. The minimum atomic E-state index is -0.253. The molecule has 0 amide bonds. The van der Waals surface area contributed by atoms with E-state index in [0.717, 1.165) is 35.0 Å². The van der Waals surface area contributed by atoms with Crippen molar-refractivity contribution in [3.63, 3.8) is 0 Å². The van der Waals surface area contributed by atoms with Crippen molar-refractivity contribution in [3.8, 4) is 5.69 Å². The summed E-state index contributed by atoms with van der Waals surface area (Å²) in [6, 6.07) is 13.8. The maximum Gasteiger partial charge on any atom is 0.267 e. The molecule has 0 bridgehead atoms. The minimum absolute atomic E-state index is 0.0623. The van der Waals surface area contributed by atoms with E-state index in [1.807, 2.05) is 18.2 Å². The van der Waals surface area contributed by atoms with Crippen molar-refractivity contribution in [2.24, 2.45) is 0 Å². The third-order valence-electron chi connectivity index (χ3n) is 5.11. The lowest BCUT2D eigenvalue weighted by molar-refractivity contribution is 0.617. The van der Waals surface area contributed by atoms with Crippen molar-refractivity contribution in [1.82, 2.24) is 9.55 Å². The summed E-state index contributed by atoms with van der Waals surface area (Å²) in [6.45, 7) is 0. The average Bonchev–Trinajstić information content (AvgIpc) is 3.29. The van der Waals surface area contributed by atoms with Crippen LogP contribution < -0.4 is 5.56 Å². The van der Waals surface area contributed by atoms with E-state index in [4.69, 9.17) is 16.6 Å². The highest BCUT2D eigenvalue weighted by molar-refractivity contribution is 7.98. The first-order chi connectivity index (χ1) is 14.1. The van der Waals surface area contributed by atoms with Gasteiger partial charge in [-0.1, -0.05) is 41.6 Å². The summed E-state index contributed by atoms with van der Waals surface area (Å²) in [5.41, 5.74) is 2.38. The first kappa shape index (κ1) is 18.9. The number of fused-ring (bicyclic) bond motifs is 3. The molecule has 2 heterocycles. The summed E-state index contributed by atoms with van der Waals surface area (Å²) in [5, 5.41) is 1.90. The highest BCUT2D eigenvalue weighted by Gasteiger charge is 2.24. The Morgan fingerprint density at radius 2 is 1.93 bits per heavy atom. The Morgan fingerprint density at radius 1 is 1.14 bits per heavy atom. The van der Waals surface area contributed by atoms with Crippen LogP contribution in [-0.4, -0.2) is 9.55 Å². The molecule has 0 aliphatic heterocycles. The summed E-state index contributed by atoms with van der Waals surface area (Å²) in [7, 11) is 0. The van der Waals surface area contributed by atoms with E-state index in [0.29, 0.717) is 27.2 Å². The van der Waals surface area contributed by atoms with Crippen LogP contribution in [0.15, 0.2) is 58.5 Å². The van der Waals surface area contributed by atoms with Crippen molar-refractivity contribution < 1.29 is 4.39 Å². The molecule has 0 N–H and O–H groups in total. The van der Waals surface area contributed by atoms with Gasteiger partial charge < -0.3 is 0 Å². The van der Waals surface area contributed by atoms with E-state index >= 15 is 0 Å². The van der Waals surface area contributed by atoms with Crippen LogP contribution in [-0.2, 0) is 18.6 Å². The molecule has 3 nitrogen and oxygen atoms in total. The lowest BCUT2D eigenvalue weighted by Crippen LogP contribution is -2.21. The number of aromatic nitrogens is 2. The molecule has 1 aliphatic rings. The van der Waals surface area contributed by atoms with Gasteiger partial charge in [-0.3, -0.25) is 9.36 Å². The fourth-order valence-electron chi connectivity index (χ4n) is 3.70. The van der Waals surface area contributed by atoms with E-state index in [9.17, 15) is 9.18 Å². The van der Waals surface area contributed by atoms with Crippen molar-refractivity contribution in [1.29, 1.82) is 0 Å². The van der Waals surface area contributed by atoms with Gasteiger partial charge in [-0.15, -0.1) is 11.3 Å². The summed E-state index contributed by atoms with van der Waals surface area (Å²) in [4.78, 5) is 20.4. The molecule has 7 heteroatoms. The predicted molar refractivity (Wildman–Crippen MR) is 118 cm³/mol. The van der Waals surface area contributed by atoms with E-state index in [2.05, 4.69) is 0 Å². The van der Waals surface area contributed by atoms with Crippen LogP contribution in [0.4, 0.5) is 4.39 Å². The monoisotopic (exact) mass is 442 g/mol. The lowest BCUT2D eigenvalue weighted by Gasteiger charge is -2.13. The lowest BCUT2D eigenvalue weighted by atomic mass is 10.2. The van der Waals surface area contributed by atoms with Crippen LogP contribution in [0.1, 0.15) is 22.4 Å². The molecule has 0 spiro atoms. The van der Waals surface area contributed by atoms with E-state index < -0.39 is 0 Å². The molecule has 5 rings (SSSR count). The van der Waals surface area contributed by atoms with Crippen LogP contribution in [0, 0.1) is 5.82 Å². The van der Waals surface area contributed by atoms with Gasteiger partial charge >= 0.3 is 0 Å². The zero-order chi connectivity index (χ0) is 20.0. The Balaban J connectivity index is 1.67. The van der Waals surface area contributed by atoms with Gasteiger partial charge in [0.25, 0.3) is 5.56 Å². The maximum absolute atomic E-state index is 14.1. The highest BCUT2D eigenvalue weighted by atomic mass is 35.5. The first-order valence-corrected chi connectivity index (χ1v) is 11.5. The molecule has 2 aromatic carbocycles. The predicted octanol–water partition coefficient (Wildman–Crippen LogP) is 6.02. The van der Waals surface area contributed by atoms with Crippen molar-refractivity contribution in [2.75, 3.05) is 0 Å². The van der Waals surface area contributed by atoms with Gasteiger partial charge in [0.05, 0.1) is 11.1 Å². The fraction of sp³-hybridized carbons (Fsp3) is 0.182. The average molecular weight is 443 g/mol. The number of thiophene rings is 1. The van der Waals surface area contributed by atoms with Gasteiger partial charge in [-0.25, -0.2) is 9.37 Å². The van der Waals surface area contributed by atoms with Crippen molar-refractivity contribution in [3.05, 3.63) is 85.7 Å². The quantitative estimate of drug-likeness (QED) is 0.286. The molecule has 0 atom stereocenters. The van der Waals surface area contributed by atoms with Crippen molar-refractivity contribution >= 4 is 44.9 Å². The minimum Gasteiger partial charge on any atom is -0.268 e. The Morgan fingerprint density at radius 3 is 2.72 bits per heavy atom. The molecular formula is C22H16ClFN2OS2. The Hall–Kier alpha value is -2.15. The van der Waals surface area contributed by atoms with Crippen LogP contribution in [0.5, 0.6) is 0 Å². The zero-order valence-corrected chi connectivity index (χ0v) is 17.7. The molecule has 2 aromatic heterocycles. The number of hydrogen-bond donors (Lipinski definition) is 0. The molecular weight excluding hydrogens is 427 g/mol. The van der Waals surface area contributed by atoms with Gasteiger partial charge in [-0.05, 0) is 60.7 Å². The second-order valence-corrected chi connectivity index (χ2v) is 9.39. The molecule has 0 saturated heterocycles. The molecule has 146 valence electrons. The number of hydrogen-bond acceptors (Lipinski definition) is 4. The topological polar surface area (TPSA) is 34.9 Å². The van der Waals surface area contributed by atoms with Gasteiger partial charge in [0.15, 0.2) is 5.16 Å².